The number of nitrogens with zero attached hydrogens (tertiary/aromatic N) is 1. The Hall–Kier alpha value is -2.22. The number of carbonyl (C=O) groups excluding carboxylic acids is 4. The smallest absolute Gasteiger partial charge is 0.367 e. The molecule has 0 unspecified atom stereocenters. The number of amides is 2. The number of esters is 1. The number of imide groups is 1. The van der Waals surface area contributed by atoms with Crippen molar-refractivity contribution in [2.45, 2.75) is 19.8 Å². The molecule has 0 bridgehead atoms. The molecule has 1 aromatic carbocycles. The largest absolute Gasteiger partial charge is 0.426 e. The maximum atomic E-state index is 12.0. The quantitative estimate of drug-likeness (QED) is 0.464. The molecule has 21 heavy (non-hydrogen) atoms. The van der Waals surface area contributed by atoms with E-state index in [1.807, 2.05) is 0 Å². The highest BCUT2D eigenvalue weighted by Gasteiger charge is 2.33. The maximum absolute atomic E-state index is 12.0. The summed E-state index contributed by atoms with van der Waals surface area (Å²) in [6, 6.07) is 4.30. The Balaban J connectivity index is 2.24. The Morgan fingerprint density at radius 1 is 1.19 bits per heavy atom. The summed E-state index contributed by atoms with van der Waals surface area (Å²) in [5, 5.41) is 0.432. The topological polar surface area (TPSA) is 90.0 Å². The van der Waals surface area contributed by atoms with E-state index in [0.717, 1.165) is 0 Å². The Morgan fingerprint density at radius 3 is 2.38 bits per heavy atom. The first-order valence-electron chi connectivity index (χ1n) is 5.94. The van der Waals surface area contributed by atoms with Gasteiger partial charge in [-0.15, -0.1) is 5.06 Å². The van der Waals surface area contributed by atoms with E-state index in [4.69, 9.17) is 9.57 Å². The van der Waals surface area contributed by atoms with Gasteiger partial charge >= 0.3 is 11.9 Å². The van der Waals surface area contributed by atoms with Gasteiger partial charge in [0, 0.05) is 24.2 Å². The van der Waals surface area contributed by atoms with E-state index in [1.165, 1.54) is 25.1 Å². The molecule has 0 atom stereocenters. The molecule has 110 valence electrons. The number of hydroxylamine groups is 2. The SMILES string of the molecule is CC(=O)Oc1cc(Br)ccc1C(=O)ON1C(=O)CCC1=O. The number of carbonyl (C=O) groups is 4. The molecular formula is C13H10BrNO6. The lowest BCUT2D eigenvalue weighted by atomic mass is 10.2. The van der Waals surface area contributed by atoms with Gasteiger partial charge in [-0.25, -0.2) is 4.79 Å². The predicted molar refractivity (Wildman–Crippen MR) is 72.0 cm³/mol. The van der Waals surface area contributed by atoms with Crippen LogP contribution in [0.15, 0.2) is 22.7 Å². The molecule has 1 aliphatic heterocycles. The van der Waals surface area contributed by atoms with Gasteiger partial charge in [0.25, 0.3) is 11.8 Å². The van der Waals surface area contributed by atoms with Crippen molar-refractivity contribution in [3.05, 3.63) is 28.2 Å². The average molecular weight is 356 g/mol. The molecule has 2 amide bonds. The van der Waals surface area contributed by atoms with E-state index in [9.17, 15) is 19.2 Å². The third-order valence-electron chi connectivity index (χ3n) is 2.60. The lowest BCUT2D eigenvalue weighted by Gasteiger charge is -2.14. The van der Waals surface area contributed by atoms with Gasteiger partial charge in [-0.05, 0) is 18.2 Å². The molecule has 2 rings (SSSR count). The van der Waals surface area contributed by atoms with E-state index in [0.29, 0.717) is 9.54 Å². The van der Waals surface area contributed by atoms with Crippen LogP contribution in [0.5, 0.6) is 5.75 Å². The second-order valence-corrected chi connectivity index (χ2v) is 5.11. The van der Waals surface area contributed by atoms with Crippen molar-refractivity contribution >= 4 is 39.7 Å². The predicted octanol–water partition coefficient (Wildman–Crippen LogP) is 1.60. The zero-order valence-electron chi connectivity index (χ0n) is 10.9. The van der Waals surface area contributed by atoms with Crippen LogP contribution >= 0.6 is 15.9 Å². The van der Waals surface area contributed by atoms with Crippen LogP contribution in [0.2, 0.25) is 0 Å². The molecule has 0 N–H and O–H groups in total. The molecule has 0 aliphatic carbocycles. The lowest BCUT2D eigenvalue weighted by molar-refractivity contribution is -0.172. The Morgan fingerprint density at radius 2 is 1.81 bits per heavy atom. The van der Waals surface area contributed by atoms with Crippen LogP contribution in [0, 0.1) is 0 Å². The van der Waals surface area contributed by atoms with Crippen LogP contribution in [0.1, 0.15) is 30.1 Å². The minimum Gasteiger partial charge on any atom is -0.426 e. The number of benzene rings is 1. The highest BCUT2D eigenvalue weighted by atomic mass is 79.9. The molecule has 1 fully saturated rings. The van der Waals surface area contributed by atoms with E-state index >= 15 is 0 Å². The number of hydrogen-bond acceptors (Lipinski definition) is 6. The van der Waals surface area contributed by atoms with Crippen LogP contribution in [0.3, 0.4) is 0 Å². The van der Waals surface area contributed by atoms with Gasteiger partial charge in [-0.3, -0.25) is 14.4 Å². The van der Waals surface area contributed by atoms with Gasteiger partial charge in [0.05, 0.1) is 0 Å². The third-order valence-corrected chi connectivity index (χ3v) is 3.09. The molecule has 1 heterocycles. The van der Waals surface area contributed by atoms with E-state index in [2.05, 4.69) is 15.9 Å². The third kappa shape index (κ3) is 3.46. The van der Waals surface area contributed by atoms with E-state index in [-0.39, 0.29) is 24.2 Å². The van der Waals surface area contributed by atoms with Crippen molar-refractivity contribution in [3.63, 3.8) is 0 Å². The fourth-order valence-electron chi connectivity index (χ4n) is 1.69. The molecular weight excluding hydrogens is 346 g/mol. The molecule has 8 heteroatoms. The van der Waals surface area contributed by atoms with E-state index < -0.39 is 23.8 Å². The summed E-state index contributed by atoms with van der Waals surface area (Å²) in [7, 11) is 0. The van der Waals surface area contributed by atoms with Crippen molar-refractivity contribution in [2.24, 2.45) is 0 Å². The first-order chi connectivity index (χ1) is 9.88. The summed E-state index contributed by atoms with van der Waals surface area (Å²) in [6.45, 7) is 1.18. The Labute approximate surface area is 127 Å². The summed E-state index contributed by atoms with van der Waals surface area (Å²) in [5.74, 6) is -2.77. The normalized spacial score (nSPS) is 14.3. The van der Waals surface area contributed by atoms with Gasteiger partial charge in [-0.2, -0.15) is 0 Å². The standard InChI is InChI=1S/C13H10BrNO6/c1-7(16)20-10-6-8(14)2-3-9(10)13(19)21-15-11(17)4-5-12(15)18/h2-3,6H,4-5H2,1H3. The van der Waals surface area contributed by atoms with Crippen molar-refractivity contribution in [3.8, 4) is 5.75 Å². The van der Waals surface area contributed by atoms with Crippen LogP contribution in [0.25, 0.3) is 0 Å². The van der Waals surface area contributed by atoms with Crippen molar-refractivity contribution in [1.82, 2.24) is 5.06 Å². The number of ether oxygens (including phenoxy) is 1. The minimum absolute atomic E-state index is 0.00323. The zero-order chi connectivity index (χ0) is 15.6. The minimum atomic E-state index is -0.956. The highest BCUT2D eigenvalue weighted by molar-refractivity contribution is 9.10. The van der Waals surface area contributed by atoms with Crippen molar-refractivity contribution < 1.29 is 28.8 Å². The molecule has 0 saturated carbocycles. The number of rotatable bonds is 3. The summed E-state index contributed by atoms with van der Waals surface area (Å²) in [5.41, 5.74) is -0.0686. The van der Waals surface area contributed by atoms with Gasteiger partial charge in [-0.1, -0.05) is 15.9 Å². The first kappa shape index (κ1) is 15.2. The second kappa shape index (κ2) is 6.04. The lowest BCUT2D eigenvalue weighted by Crippen LogP contribution is -2.32. The summed E-state index contributed by atoms with van der Waals surface area (Å²) in [4.78, 5) is 50.6. The molecule has 1 aromatic rings. The number of hydrogen-bond donors (Lipinski definition) is 0. The zero-order valence-corrected chi connectivity index (χ0v) is 12.5. The highest BCUT2D eigenvalue weighted by Crippen LogP contribution is 2.25. The summed E-state index contributed by atoms with van der Waals surface area (Å²) >= 11 is 3.18. The molecule has 1 saturated heterocycles. The first-order valence-corrected chi connectivity index (χ1v) is 6.74. The van der Waals surface area contributed by atoms with Crippen molar-refractivity contribution in [1.29, 1.82) is 0 Å². The fourth-order valence-corrected chi connectivity index (χ4v) is 2.03. The number of halogens is 1. The molecule has 0 radical (unpaired) electrons. The fraction of sp³-hybridized carbons (Fsp3) is 0.231. The van der Waals surface area contributed by atoms with Crippen LogP contribution < -0.4 is 4.74 Å². The summed E-state index contributed by atoms with van der Waals surface area (Å²) in [6.07, 6.45) is 0.00646. The second-order valence-electron chi connectivity index (χ2n) is 4.19. The monoisotopic (exact) mass is 355 g/mol. The maximum Gasteiger partial charge on any atom is 0.367 e. The summed E-state index contributed by atoms with van der Waals surface area (Å²) < 4.78 is 5.49. The van der Waals surface area contributed by atoms with E-state index in [1.54, 1.807) is 0 Å². The van der Waals surface area contributed by atoms with Gasteiger partial charge < -0.3 is 9.57 Å². The average Bonchev–Trinajstić information content (AvgIpc) is 2.70. The Bertz CT molecular complexity index is 626. The molecule has 1 aliphatic rings. The van der Waals surface area contributed by atoms with Gasteiger partial charge in [0.1, 0.15) is 11.3 Å². The molecule has 7 nitrogen and oxygen atoms in total. The van der Waals surface area contributed by atoms with Gasteiger partial charge in [0.2, 0.25) is 0 Å². The van der Waals surface area contributed by atoms with Gasteiger partial charge in [0.15, 0.2) is 0 Å². The molecule has 0 aromatic heterocycles. The van der Waals surface area contributed by atoms with Crippen LogP contribution in [-0.2, 0) is 19.2 Å². The van der Waals surface area contributed by atoms with Crippen molar-refractivity contribution in [2.75, 3.05) is 0 Å². The molecule has 0 spiro atoms. The van der Waals surface area contributed by atoms with Crippen LogP contribution in [-0.4, -0.2) is 28.8 Å². The van der Waals surface area contributed by atoms with Crippen LogP contribution in [0.4, 0.5) is 0 Å². The Kier molecular flexibility index (Phi) is 4.37.